The maximum absolute atomic E-state index is 13.2. The van der Waals surface area contributed by atoms with Gasteiger partial charge in [-0.3, -0.25) is 9.67 Å². The number of nitrogens with one attached hydrogen (secondary N) is 1. The van der Waals surface area contributed by atoms with Crippen LogP contribution in [0.1, 0.15) is 11.4 Å². The smallest absolute Gasteiger partial charge is 0.199 e. The molecule has 0 saturated heterocycles. The number of aliphatic hydroxyl groups excluding tert-OH is 1. The quantitative estimate of drug-likeness (QED) is 0.787. The van der Waals surface area contributed by atoms with Gasteiger partial charge in [-0.15, -0.1) is 0 Å². The Labute approximate surface area is 96.4 Å². The van der Waals surface area contributed by atoms with Crippen LogP contribution in [0, 0.1) is 17.5 Å². The molecule has 0 aliphatic heterocycles. The minimum Gasteiger partial charge on any atom is -0.388 e. The van der Waals surface area contributed by atoms with Gasteiger partial charge >= 0.3 is 0 Å². The maximum atomic E-state index is 13.2. The number of hydrogen-bond acceptors (Lipinski definition) is 3. The minimum absolute atomic E-state index is 0.261. The topological polar surface area (TPSA) is 53.8 Å². The van der Waals surface area contributed by atoms with Gasteiger partial charge in [0.25, 0.3) is 0 Å². The van der Waals surface area contributed by atoms with E-state index in [-0.39, 0.29) is 12.4 Å². The van der Waals surface area contributed by atoms with E-state index < -0.39 is 0 Å². The molecule has 6 heteroatoms. The number of aryl methyl sites for hydroxylation is 1. The zero-order valence-corrected chi connectivity index (χ0v) is 9.38. The fourth-order valence-corrected chi connectivity index (χ4v) is 1.80. The number of aliphatic hydroxyl groups is 1. The molecule has 84 valence electrons. The third kappa shape index (κ3) is 1.89. The molecule has 1 aromatic carbocycles. The van der Waals surface area contributed by atoms with Gasteiger partial charge in [-0.1, -0.05) is 0 Å². The lowest BCUT2D eigenvalue weighted by Gasteiger charge is -2.06. The Morgan fingerprint density at radius 1 is 1.50 bits per heavy atom. The van der Waals surface area contributed by atoms with Gasteiger partial charge in [-0.05, 0) is 42.9 Å². The Kier molecular flexibility index (Phi) is 2.84. The summed E-state index contributed by atoms with van der Waals surface area (Å²) >= 11 is 5.02. The van der Waals surface area contributed by atoms with Crippen molar-refractivity contribution in [2.75, 3.05) is 0 Å². The van der Waals surface area contributed by atoms with Crippen LogP contribution in [0.15, 0.2) is 18.2 Å². The second-order valence-electron chi connectivity index (χ2n) is 3.43. The molecule has 0 spiro atoms. The van der Waals surface area contributed by atoms with E-state index in [0.29, 0.717) is 16.3 Å². The Morgan fingerprint density at radius 3 is 2.88 bits per heavy atom. The van der Waals surface area contributed by atoms with E-state index in [4.69, 9.17) is 17.3 Å². The van der Waals surface area contributed by atoms with Gasteiger partial charge in [0.1, 0.15) is 12.4 Å². The van der Waals surface area contributed by atoms with Crippen molar-refractivity contribution in [2.45, 2.75) is 13.5 Å². The summed E-state index contributed by atoms with van der Waals surface area (Å²) in [6.07, 6.45) is 0. The van der Waals surface area contributed by atoms with Gasteiger partial charge in [0.05, 0.1) is 5.69 Å². The van der Waals surface area contributed by atoms with Crippen LogP contribution in [-0.4, -0.2) is 19.9 Å². The standard InChI is InChI=1S/C10H10FN3OS/c1-6-2-7(11)4-8(3-6)14-9(5-15)12-13-10(14)16/h2-4,15H,5H2,1H3,(H,13,16). The second-order valence-corrected chi connectivity index (χ2v) is 3.81. The van der Waals surface area contributed by atoms with E-state index in [1.165, 1.54) is 16.7 Å². The molecule has 0 unspecified atom stereocenters. The van der Waals surface area contributed by atoms with Gasteiger partial charge in [-0.25, -0.2) is 4.39 Å². The molecule has 1 aromatic heterocycles. The molecular weight excluding hydrogens is 229 g/mol. The number of benzene rings is 1. The highest BCUT2D eigenvalue weighted by Crippen LogP contribution is 2.15. The van der Waals surface area contributed by atoms with Crippen molar-refractivity contribution in [3.8, 4) is 5.69 Å². The predicted molar refractivity (Wildman–Crippen MR) is 59.4 cm³/mol. The van der Waals surface area contributed by atoms with Crippen LogP contribution in [-0.2, 0) is 6.61 Å². The van der Waals surface area contributed by atoms with Crippen molar-refractivity contribution >= 4 is 12.2 Å². The summed E-state index contributed by atoms with van der Waals surface area (Å²) in [7, 11) is 0. The van der Waals surface area contributed by atoms with Crippen molar-refractivity contribution in [2.24, 2.45) is 0 Å². The van der Waals surface area contributed by atoms with Crippen molar-refractivity contribution in [1.29, 1.82) is 0 Å². The van der Waals surface area contributed by atoms with Crippen LogP contribution in [0.2, 0.25) is 0 Å². The average molecular weight is 239 g/mol. The van der Waals surface area contributed by atoms with Crippen LogP contribution < -0.4 is 0 Å². The first-order valence-electron chi connectivity index (χ1n) is 4.66. The first-order valence-corrected chi connectivity index (χ1v) is 5.07. The molecule has 1 heterocycles. The monoisotopic (exact) mass is 239 g/mol. The maximum Gasteiger partial charge on any atom is 0.199 e. The average Bonchev–Trinajstić information content (AvgIpc) is 2.58. The van der Waals surface area contributed by atoms with E-state index in [1.54, 1.807) is 13.0 Å². The van der Waals surface area contributed by atoms with Crippen LogP contribution >= 0.6 is 12.2 Å². The molecule has 16 heavy (non-hydrogen) atoms. The number of aromatic nitrogens is 3. The lowest BCUT2D eigenvalue weighted by molar-refractivity contribution is 0.268. The van der Waals surface area contributed by atoms with Crippen molar-refractivity contribution < 1.29 is 9.50 Å². The third-order valence-electron chi connectivity index (χ3n) is 2.17. The summed E-state index contributed by atoms with van der Waals surface area (Å²) in [4.78, 5) is 0. The molecular formula is C10H10FN3OS. The Bertz CT molecular complexity index is 555. The Balaban J connectivity index is 2.66. The van der Waals surface area contributed by atoms with Crippen LogP contribution in [0.5, 0.6) is 0 Å². The number of nitrogens with zero attached hydrogens (tertiary/aromatic N) is 2. The Morgan fingerprint density at radius 2 is 2.25 bits per heavy atom. The predicted octanol–water partition coefficient (Wildman–Crippen LogP) is 1.87. The lowest BCUT2D eigenvalue weighted by atomic mass is 10.2. The summed E-state index contributed by atoms with van der Waals surface area (Å²) < 4.78 is 15.1. The number of hydrogen-bond donors (Lipinski definition) is 2. The largest absolute Gasteiger partial charge is 0.388 e. The molecule has 0 aliphatic carbocycles. The highest BCUT2D eigenvalue weighted by Gasteiger charge is 2.08. The van der Waals surface area contributed by atoms with Crippen LogP contribution in [0.4, 0.5) is 4.39 Å². The summed E-state index contributed by atoms with van der Waals surface area (Å²) in [6.45, 7) is 1.53. The van der Waals surface area contributed by atoms with E-state index in [2.05, 4.69) is 10.2 Å². The fourth-order valence-electron chi connectivity index (χ4n) is 1.55. The van der Waals surface area contributed by atoms with Gasteiger partial charge in [-0.2, -0.15) is 5.10 Å². The summed E-state index contributed by atoms with van der Waals surface area (Å²) in [5.74, 6) is 0.0111. The molecule has 0 fully saturated rings. The summed E-state index contributed by atoms with van der Waals surface area (Å²) in [5, 5.41) is 15.5. The molecule has 0 saturated carbocycles. The zero-order valence-electron chi connectivity index (χ0n) is 8.57. The van der Waals surface area contributed by atoms with Gasteiger partial charge in [0.15, 0.2) is 10.6 Å². The van der Waals surface area contributed by atoms with Crippen LogP contribution in [0.25, 0.3) is 5.69 Å². The van der Waals surface area contributed by atoms with Crippen molar-refractivity contribution in [1.82, 2.24) is 14.8 Å². The normalized spacial score (nSPS) is 10.7. The van der Waals surface area contributed by atoms with E-state index in [1.807, 2.05) is 0 Å². The highest BCUT2D eigenvalue weighted by molar-refractivity contribution is 7.71. The third-order valence-corrected chi connectivity index (χ3v) is 2.44. The highest BCUT2D eigenvalue weighted by atomic mass is 32.1. The van der Waals surface area contributed by atoms with Gasteiger partial charge in [0.2, 0.25) is 0 Å². The molecule has 2 N–H and O–H groups in total. The zero-order chi connectivity index (χ0) is 11.7. The fraction of sp³-hybridized carbons (Fsp3) is 0.200. The summed E-state index contributed by atoms with van der Waals surface area (Å²) in [5.41, 5.74) is 1.34. The molecule has 0 bridgehead atoms. The second kappa shape index (κ2) is 4.15. The van der Waals surface area contributed by atoms with Gasteiger partial charge in [0, 0.05) is 0 Å². The first kappa shape index (κ1) is 11.0. The van der Waals surface area contributed by atoms with Crippen LogP contribution in [0.3, 0.4) is 0 Å². The molecule has 0 amide bonds. The SMILES string of the molecule is Cc1cc(F)cc(-n2c(CO)n[nH]c2=S)c1. The number of rotatable bonds is 2. The lowest BCUT2D eigenvalue weighted by Crippen LogP contribution is -2.02. The van der Waals surface area contributed by atoms with Crippen molar-refractivity contribution in [3.63, 3.8) is 0 Å². The number of halogens is 1. The molecule has 2 rings (SSSR count). The number of aromatic amines is 1. The Hall–Kier alpha value is -1.53. The summed E-state index contributed by atoms with van der Waals surface area (Å²) in [6, 6.07) is 4.54. The molecule has 2 aromatic rings. The minimum atomic E-state index is -0.345. The molecule has 0 aliphatic rings. The molecule has 0 atom stereocenters. The first-order chi connectivity index (χ1) is 7.61. The van der Waals surface area contributed by atoms with E-state index in [9.17, 15) is 4.39 Å². The van der Waals surface area contributed by atoms with Gasteiger partial charge < -0.3 is 5.11 Å². The van der Waals surface area contributed by atoms with Crippen molar-refractivity contribution in [3.05, 3.63) is 40.2 Å². The number of H-pyrrole nitrogens is 1. The van der Waals surface area contributed by atoms with E-state index in [0.717, 1.165) is 5.56 Å². The molecule has 0 radical (unpaired) electrons. The molecule has 4 nitrogen and oxygen atoms in total. The van der Waals surface area contributed by atoms with E-state index >= 15 is 0 Å².